The summed E-state index contributed by atoms with van der Waals surface area (Å²) in [5.41, 5.74) is 2.12. The van der Waals surface area contributed by atoms with Gasteiger partial charge in [0, 0.05) is 12.1 Å². The van der Waals surface area contributed by atoms with Gasteiger partial charge in [-0.2, -0.15) is 0 Å². The van der Waals surface area contributed by atoms with Crippen molar-refractivity contribution in [3.8, 4) is 0 Å². The third kappa shape index (κ3) is 5.43. The average Bonchev–Trinajstić information content (AvgIpc) is 3.04. The number of nitrogens with zero attached hydrogens (tertiary/aromatic N) is 1. The molecule has 0 saturated carbocycles. The molecule has 0 aliphatic heterocycles. The predicted molar refractivity (Wildman–Crippen MR) is 85.7 cm³/mol. The smallest absolute Gasteiger partial charge is 0.331 e. The molecule has 0 bridgehead atoms. The van der Waals surface area contributed by atoms with Crippen molar-refractivity contribution in [3.63, 3.8) is 0 Å². The van der Waals surface area contributed by atoms with Crippen molar-refractivity contribution in [1.82, 2.24) is 5.16 Å². The minimum atomic E-state index is -0.590. The molecule has 0 atom stereocenters. The quantitative estimate of drug-likeness (QED) is 0.655. The van der Waals surface area contributed by atoms with Crippen LogP contribution in [0, 0.1) is 0 Å². The molecular formula is C17H18N2O4. The first-order valence-electron chi connectivity index (χ1n) is 7.19. The Balaban J connectivity index is 1.78. The first-order valence-corrected chi connectivity index (χ1v) is 7.19. The van der Waals surface area contributed by atoms with Crippen LogP contribution in [0.15, 0.2) is 47.2 Å². The van der Waals surface area contributed by atoms with Gasteiger partial charge in [-0.15, -0.1) is 0 Å². The van der Waals surface area contributed by atoms with E-state index in [9.17, 15) is 9.59 Å². The van der Waals surface area contributed by atoms with Crippen molar-refractivity contribution < 1.29 is 18.8 Å². The van der Waals surface area contributed by atoms with Crippen LogP contribution in [0.2, 0.25) is 0 Å². The van der Waals surface area contributed by atoms with Crippen molar-refractivity contribution in [2.75, 3.05) is 11.9 Å². The number of rotatable bonds is 6. The maximum Gasteiger partial charge on any atom is 0.331 e. The van der Waals surface area contributed by atoms with Gasteiger partial charge in [-0.05, 0) is 23.1 Å². The minimum Gasteiger partial charge on any atom is -0.452 e. The SMILES string of the molecule is CC(C)c1ccc(C=CC(=O)OCC(=O)Nc2ccon2)cc1. The third-order valence-corrected chi connectivity index (χ3v) is 3.07. The van der Waals surface area contributed by atoms with Crippen molar-refractivity contribution in [1.29, 1.82) is 0 Å². The summed E-state index contributed by atoms with van der Waals surface area (Å²) in [5.74, 6) is -0.344. The van der Waals surface area contributed by atoms with E-state index in [0.29, 0.717) is 5.92 Å². The average molecular weight is 314 g/mol. The highest BCUT2D eigenvalue weighted by atomic mass is 16.5. The fraction of sp³-hybridized carbons (Fsp3) is 0.235. The Morgan fingerprint density at radius 3 is 2.61 bits per heavy atom. The Labute approximate surface area is 134 Å². The van der Waals surface area contributed by atoms with E-state index in [-0.39, 0.29) is 12.4 Å². The summed E-state index contributed by atoms with van der Waals surface area (Å²) in [7, 11) is 0. The van der Waals surface area contributed by atoms with Crippen LogP contribution in [0.4, 0.5) is 5.82 Å². The van der Waals surface area contributed by atoms with Gasteiger partial charge in [-0.1, -0.05) is 43.3 Å². The van der Waals surface area contributed by atoms with Crippen LogP contribution in [-0.4, -0.2) is 23.6 Å². The Bertz CT molecular complexity index is 673. The summed E-state index contributed by atoms with van der Waals surface area (Å²) in [6.45, 7) is 3.85. The van der Waals surface area contributed by atoms with Crippen LogP contribution in [0.1, 0.15) is 30.9 Å². The van der Waals surface area contributed by atoms with Crippen molar-refractivity contribution in [2.45, 2.75) is 19.8 Å². The molecule has 0 saturated heterocycles. The Kier molecular flexibility index (Phi) is 5.68. The summed E-state index contributed by atoms with van der Waals surface area (Å²) in [6.07, 6.45) is 4.25. The molecule has 0 aliphatic carbocycles. The van der Waals surface area contributed by atoms with E-state index >= 15 is 0 Å². The molecule has 2 aromatic rings. The topological polar surface area (TPSA) is 81.4 Å². The van der Waals surface area contributed by atoms with E-state index in [0.717, 1.165) is 5.56 Å². The maximum atomic E-state index is 11.6. The molecule has 1 heterocycles. The van der Waals surface area contributed by atoms with E-state index in [1.54, 1.807) is 6.08 Å². The van der Waals surface area contributed by atoms with E-state index in [1.807, 2.05) is 24.3 Å². The molecule has 6 heteroatoms. The van der Waals surface area contributed by atoms with Crippen LogP contribution in [-0.2, 0) is 14.3 Å². The molecule has 23 heavy (non-hydrogen) atoms. The summed E-state index contributed by atoms with van der Waals surface area (Å²) < 4.78 is 9.41. The van der Waals surface area contributed by atoms with Crippen molar-refractivity contribution >= 4 is 23.8 Å². The van der Waals surface area contributed by atoms with Gasteiger partial charge in [0.1, 0.15) is 6.26 Å². The van der Waals surface area contributed by atoms with Gasteiger partial charge < -0.3 is 14.6 Å². The number of aromatic nitrogens is 1. The van der Waals surface area contributed by atoms with Crippen molar-refractivity contribution in [2.24, 2.45) is 0 Å². The lowest BCUT2D eigenvalue weighted by atomic mass is 10.0. The second-order valence-corrected chi connectivity index (χ2v) is 5.20. The standard InChI is InChI=1S/C17H18N2O4/c1-12(2)14-6-3-13(4-7-14)5-8-17(21)22-11-16(20)18-15-9-10-23-19-15/h3-10,12H,11H2,1-2H3,(H,18,19,20). The number of hydrogen-bond donors (Lipinski definition) is 1. The summed E-state index contributed by atoms with van der Waals surface area (Å²) >= 11 is 0. The molecule has 1 N–H and O–H groups in total. The monoisotopic (exact) mass is 314 g/mol. The summed E-state index contributed by atoms with van der Waals surface area (Å²) in [5, 5.41) is 5.94. The number of esters is 1. The minimum absolute atomic E-state index is 0.270. The Hall–Kier alpha value is -2.89. The highest BCUT2D eigenvalue weighted by Gasteiger charge is 2.07. The Morgan fingerprint density at radius 2 is 2.00 bits per heavy atom. The number of anilines is 1. The van der Waals surface area contributed by atoms with Crippen LogP contribution in [0.3, 0.4) is 0 Å². The van der Waals surface area contributed by atoms with E-state index in [2.05, 4.69) is 28.8 Å². The van der Waals surface area contributed by atoms with Gasteiger partial charge in [-0.25, -0.2) is 4.79 Å². The third-order valence-electron chi connectivity index (χ3n) is 3.07. The van der Waals surface area contributed by atoms with E-state index < -0.39 is 11.9 Å². The summed E-state index contributed by atoms with van der Waals surface area (Å²) in [6, 6.07) is 9.37. The number of benzene rings is 1. The molecule has 6 nitrogen and oxygen atoms in total. The molecule has 0 radical (unpaired) electrons. The molecule has 1 aromatic heterocycles. The first-order chi connectivity index (χ1) is 11.0. The molecule has 0 unspecified atom stereocenters. The molecule has 1 amide bonds. The lowest BCUT2D eigenvalue weighted by Crippen LogP contribution is -2.20. The lowest BCUT2D eigenvalue weighted by Gasteiger charge is -2.04. The van der Waals surface area contributed by atoms with E-state index in [1.165, 1.54) is 24.0 Å². The molecular weight excluding hydrogens is 296 g/mol. The number of hydrogen-bond acceptors (Lipinski definition) is 5. The second-order valence-electron chi connectivity index (χ2n) is 5.20. The number of nitrogens with one attached hydrogen (secondary N) is 1. The van der Waals surface area contributed by atoms with Gasteiger partial charge in [0.2, 0.25) is 0 Å². The zero-order valence-corrected chi connectivity index (χ0v) is 13.0. The summed E-state index contributed by atoms with van der Waals surface area (Å²) in [4.78, 5) is 23.1. The van der Waals surface area contributed by atoms with Gasteiger partial charge >= 0.3 is 5.97 Å². The molecule has 120 valence electrons. The van der Waals surface area contributed by atoms with Crippen LogP contribution >= 0.6 is 0 Å². The predicted octanol–water partition coefficient (Wildman–Crippen LogP) is 2.99. The van der Waals surface area contributed by atoms with Crippen LogP contribution in [0.25, 0.3) is 6.08 Å². The zero-order chi connectivity index (χ0) is 16.7. The Morgan fingerprint density at radius 1 is 1.26 bits per heavy atom. The van der Waals surface area contributed by atoms with Crippen LogP contribution < -0.4 is 5.32 Å². The second kappa shape index (κ2) is 7.93. The number of ether oxygens (including phenoxy) is 1. The lowest BCUT2D eigenvalue weighted by molar-refractivity contribution is -0.142. The van der Waals surface area contributed by atoms with Crippen molar-refractivity contribution in [3.05, 3.63) is 53.8 Å². The largest absolute Gasteiger partial charge is 0.452 e. The molecule has 2 rings (SSSR count). The maximum absolute atomic E-state index is 11.6. The molecule has 0 aliphatic rings. The number of carbonyl (C=O) groups excluding carboxylic acids is 2. The zero-order valence-electron chi connectivity index (χ0n) is 13.0. The highest BCUT2D eigenvalue weighted by Crippen LogP contribution is 2.15. The number of carbonyl (C=O) groups is 2. The highest BCUT2D eigenvalue weighted by molar-refractivity contribution is 5.93. The van der Waals surface area contributed by atoms with Gasteiger partial charge in [0.25, 0.3) is 5.91 Å². The number of amides is 1. The first kappa shape index (κ1) is 16.5. The molecule has 0 fully saturated rings. The molecule has 1 aromatic carbocycles. The fourth-order valence-electron chi connectivity index (χ4n) is 1.80. The van der Waals surface area contributed by atoms with Gasteiger partial charge in [-0.3, -0.25) is 4.79 Å². The van der Waals surface area contributed by atoms with Gasteiger partial charge in [0.05, 0.1) is 0 Å². The fourth-order valence-corrected chi connectivity index (χ4v) is 1.80. The van der Waals surface area contributed by atoms with Gasteiger partial charge in [0.15, 0.2) is 12.4 Å². The molecule has 0 spiro atoms. The van der Waals surface area contributed by atoms with E-state index in [4.69, 9.17) is 4.74 Å². The van der Waals surface area contributed by atoms with Crippen LogP contribution in [0.5, 0.6) is 0 Å². The normalized spacial score (nSPS) is 10.9.